The van der Waals surface area contributed by atoms with Gasteiger partial charge in [0, 0.05) is 11.8 Å². The van der Waals surface area contributed by atoms with Gasteiger partial charge in [0.05, 0.1) is 8.65 Å². The van der Waals surface area contributed by atoms with Gasteiger partial charge in [-0.15, -0.1) is 0 Å². The second kappa shape index (κ2) is 2.54. The molecule has 0 heterocycles. The van der Waals surface area contributed by atoms with Gasteiger partial charge in [0.15, 0.2) is 10.1 Å². The van der Waals surface area contributed by atoms with Crippen LogP contribution in [0.4, 0.5) is 0 Å². The van der Waals surface area contributed by atoms with Crippen LogP contribution in [0.15, 0.2) is 0 Å². The lowest BCUT2D eigenvalue weighted by molar-refractivity contribution is -0.367. The second-order valence-corrected chi connectivity index (χ2v) is 14.4. The van der Waals surface area contributed by atoms with E-state index in [1.54, 1.807) is 0 Å². The van der Waals surface area contributed by atoms with Crippen LogP contribution in [0.2, 0.25) is 0 Å². The van der Waals surface area contributed by atoms with Gasteiger partial charge in [-0.1, -0.05) is 55.1 Å². The van der Waals surface area contributed by atoms with E-state index in [1.165, 1.54) is 0 Å². The highest BCUT2D eigenvalue weighted by atomic mass is 79.9. The van der Waals surface area contributed by atoms with Crippen LogP contribution in [-0.2, 0) is 4.74 Å². The maximum atomic E-state index is 7.39. The molecule has 0 aromatic rings. The minimum absolute atomic E-state index is 0.0511. The van der Waals surface area contributed by atoms with Crippen molar-refractivity contribution in [3.63, 3.8) is 0 Å². The molecule has 12 rings (SSSR count). The Morgan fingerprint density at radius 2 is 0.826 bits per heavy atom. The van der Waals surface area contributed by atoms with Gasteiger partial charge in [0.2, 0.25) is 0 Å². The lowest BCUT2D eigenvalue weighted by Crippen LogP contribution is -2.86. The topological polar surface area (TPSA) is 9.23 Å². The third kappa shape index (κ3) is 0.610. The first-order chi connectivity index (χ1) is 10.9. The van der Waals surface area contributed by atoms with Crippen molar-refractivity contribution in [2.75, 3.05) is 0 Å². The van der Waals surface area contributed by atoms with Crippen molar-refractivity contribution in [1.29, 1.82) is 0 Å². The summed E-state index contributed by atoms with van der Waals surface area (Å²) in [6.45, 7) is 0. The van der Waals surface area contributed by atoms with Crippen molar-refractivity contribution in [3.8, 4) is 0 Å². The summed E-state index contributed by atoms with van der Waals surface area (Å²) in [6, 6.07) is 0. The molecule has 0 aromatic heterocycles. The van der Waals surface area contributed by atoms with Crippen LogP contribution in [0.25, 0.3) is 0 Å². The van der Waals surface area contributed by atoms with Gasteiger partial charge in [-0.25, -0.2) is 0 Å². The van der Waals surface area contributed by atoms with Gasteiger partial charge in [-0.2, -0.15) is 0 Å². The smallest absolute Gasteiger partial charge is 0.163 e. The van der Waals surface area contributed by atoms with E-state index in [4.69, 9.17) is 27.9 Å². The van der Waals surface area contributed by atoms with E-state index in [1.807, 2.05) is 0 Å². The summed E-state index contributed by atoms with van der Waals surface area (Å²) in [5.74, 6) is 11.8. The highest BCUT2D eigenvalue weighted by Gasteiger charge is 3.06. The maximum absolute atomic E-state index is 7.39. The fourth-order valence-electron chi connectivity index (χ4n) is 11.8. The van der Waals surface area contributed by atoms with Crippen molar-refractivity contribution in [2.45, 2.75) is 18.8 Å². The van der Waals surface area contributed by atoms with Crippen LogP contribution in [-0.4, -0.2) is 18.8 Å². The fraction of sp³-hybridized carbons (Fsp3) is 1.00. The molecule has 8 unspecified atom stereocenters. The normalized spacial score (nSPS) is 100. The average molecular weight is 477 g/mol. The molecule has 23 heavy (non-hydrogen) atoms. The Morgan fingerprint density at radius 1 is 0.522 bits per heavy atom. The van der Waals surface area contributed by atoms with Crippen LogP contribution in [0, 0.1) is 82.9 Å². The molecule has 12 aliphatic carbocycles. The molecule has 12 saturated carbocycles. The zero-order chi connectivity index (χ0) is 14.8. The summed E-state index contributed by atoms with van der Waals surface area (Å²) >= 11 is 23.1. The molecule has 0 aromatic carbocycles. The van der Waals surface area contributed by atoms with Crippen LogP contribution >= 0.6 is 55.1 Å². The molecule has 12 fully saturated rings. The van der Waals surface area contributed by atoms with Crippen LogP contribution < -0.4 is 0 Å². The number of rotatable bonds is 2. The summed E-state index contributed by atoms with van der Waals surface area (Å²) in [5.41, 5.74) is 0. The molecular weight excluding hydrogens is 463 g/mol. The molecule has 0 N–H and O–H groups in total. The van der Waals surface area contributed by atoms with Gasteiger partial charge >= 0.3 is 0 Å². The quantitative estimate of drug-likeness (QED) is 0.549. The summed E-state index contributed by atoms with van der Waals surface area (Å²) in [5, 5.41) is -1.05. The number of alkyl halides is 4. The third-order valence-electron chi connectivity index (χ3n) is 11.8. The van der Waals surface area contributed by atoms with Crippen molar-refractivity contribution in [2.24, 2.45) is 82.9 Å². The molecule has 12 aliphatic rings. The SMILES string of the molecule is Cl[C@@]1(O[C@]2(Cl)C3[C@H]4C5C6[C@H]4C2(Br)[C@@H]6[C@@H]53)C2[C@H]3C4C5[C@H]3C1(Br)[C@@H]5[C@@H]42. The van der Waals surface area contributed by atoms with Gasteiger partial charge < -0.3 is 4.74 Å². The highest BCUT2D eigenvalue weighted by molar-refractivity contribution is 9.10. The van der Waals surface area contributed by atoms with Gasteiger partial charge in [-0.3, -0.25) is 0 Å². The lowest BCUT2D eigenvalue weighted by Gasteiger charge is -2.85. The van der Waals surface area contributed by atoms with Crippen molar-refractivity contribution >= 4 is 55.1 Å². The number of hydrogen-bond acceptors (Lipinski definition) is 1. The Bertz CT molecular complexity index is 728. The Hall–Kier alpha value is 1.50. The van der Waals surface area contributed by atoms with Crippen LogP contribution in [0.1, 0.15) is 0 Å². The van der Waals surface area contributed by atoms with Crippen LogP contribution in [0.5, 0.6) is 0 Å². The predicted molar refractivity (Wildman–Crippen MR) is 90.4 cm³/mol. The molecule has 1 nitrogen and oxygen atoms in total. The molecule has 5 heteroatoms. The molecule has 120 valence electrons. The number of hydrogen-bond donors (Lipinski definition) is 0. The molecule has 0 radical (unpaired) electrons. The standard InChI is InChI=1S/C18H14Br2Cl2O/c19-15-9-3-1-5(9)13(6(1)10(3)15)17(15,21)23-18(22)14-7-2-4-11(7)16(18,20)12(4)8(2)14/h1-14H/t1?,2?,3?,4?,5-,6+,7-,8+,9+,10-,11+,12-,13?,14?,15?,16?,17-,18-/m1/s1. The Kier molecular flexibility index (Phi) is 1.33. The van der Waals surface area contributed by atoms with E-state index in [2.05, 4.69) is 31.9 Å². The molecule has 0 spiro atoms. The molecular formula is C18H14Br2Cl2O. The predicted octanol–water partition coefficient (Wildman–Crippen LogP) is 3.90. The summed E-state index contributed by atoms with van der Waals surface area (Å²) in [4.78, 5) is 0. The summed E-state index contributed by atoms with van der Waals surface area (Å²) in [7, 11) is 0. The largest absolute Gasteiger partial charge is 0.334 e. The van der Waals surface area contributed by atoms with Crippen molar-refractivity contribution < 1.29 is 4.74 Å². The van der Waals surface area contributed by atoms with E-state index in [9.17, 15) is 0 Å². The molecule has 0 aliphatic heterocycles. The second-order valence-electron chi connectivity index (χ2n) is 10.7. The molecule has 0 amide bonds. The van der Waals surface area contributed by atoms with Crippen LogP contribution in [0.3, 0.4) is 0 Å². The third-order valence-corrected chi connectivity index (χ3v) is 16.8. The van der Waals surface area contributed by atoms with E-state index < -0.39 is 10.1 Å². The summed E-state index contributed by atoms with van der Waals surface area (Å²) in [6.07, 6.45) is 0. The highest BCUT2D eigenvalue weighted by Crippen LogP contribution is 3.03. The summed E-state index contributed by atoms with van der Waals surface area (Å²) < 4.78 is 7.10. The molecule has 18 atom stereocenters. The lowest BCUT2D eigenvalue weighted by atomic mass is 9.20. The Balaban J connectivity index is 1.17. The van der Waals surface area contributed by atoms with Crippen molar-refractivity contribution in [1.82, 2.24) is 0 Å². The molecule has 4 bridgehead atoms. The minimum atomic E-state index is -0.525. The van der Waals surface area contributed by atoms with Crippen molar-refractivity contribution in [3.05, 3.63) is 0 Å². The van der Waals surface area contributed by atoms with E-state index in [-0.39, 0.29) is 8.65 Å². The van der Waals surface area contributed by atoms with Gasteiger partial charge in [-0.05, 0) is 71.0 Å². The maximum Gasteiger partial charge on any atom is 0.163 e. The van der Waals surface area contributed by atoms with Gasteiger partial charge in [0.1, 0.15) is 0 Å². The van der Waals surface area contributed by atoms with E-state index >= 15 is 0 Å². The van der Waals surface area contributed by atoms with Gasteiger partial charge in [0.25, 0.3) is 0 Å². The molecule has 0 saturated heterocycles. The van der Waals surface area contributed by atoms with E-state index in [0.29, 0.717) is 11.8 Å². The average Bonchev–Trinajstić information content (AvgIpc) is 2.69. The first kappa shape index (κ1) is 12.1. The fourth-order valence-corrected chi connectivity index (χ4v) is 16.3. The minimum Gasteiger partial charge on any atom is -0.334 e. The Labute approximate surface area is 160 Å². The Morgan fingerprint density at radius 3 is 1.09 bits per heavy atom. The zero-order valence-corrected chi connectivity index (χ0v) is 16.7. The number of halogens is 4. The number of ether oxygens (including phenoxy) is 1. The zero-order valence-electron chi connectivity index (χ0n) is 12.0. The first-order valence-corrected chi connectivity index (χ1v) is 11.7. The monoisotopic (exact) mass is 474 g/mol. The van der Waals surface area contributed by atoms with E-state index in [0.717, 1.165) is 71.0 Å². The first-order valence-electron chi connectivity index (χ1n) is 9.40.